The summed E-state index contributed by atoms with van der Waals surface area (Å²) in [6.07, 6.45) is 2.90. The third kappa shape index (κ3) is 6.36. The highest BCUT2D eigenvalue weighted by molar-refractivity contribution is 7.99. The molecule has 1 unspecified atom stereocenters. The Labute approximate surface area is 86.5 Å². The summed E-state index contributed by atoms with van der Waals surface area (Å²) < 4.78 is 0.254. The van der Waals surface area contributed by atoms with Gasteiger partial charge in [-0.3, -0.25) is 0 Å². The van der Waals surface area contributed by atoms with Gasteiger partial charge in [-0.15, -0.1) is 0 Å². The molecule has 13 heavy (non-hydrogen) atoms. The Kier molecular flexibility index (Phi) is 5.33. The molecule has 0 aliphatic rings. The first-order valence-electron chi connectivity index (χ1n) is 4.81. The van der Waals surface area contributed by atoms with Crippen molar-refractivity contribution < 1.29 is 5.11 Å². The van der Waals surface area contributed by atoms with Gasteiger partial charge in [0.2, 0.25) is 0 Å². The number of hydrogen-bond acceptors (Lipinski definition) is 3. The van der Waals surface area contributed by atoms with Crippen molar-refractivity contribution in [1.29, 1.82) is 0 Å². The maximum atomic E-state index is 9.72. The van der Waals surface area contributed by atoms with Gasteiger partial charge in [0.25, 0.3) is 0 Å². The number of aliphatic hydroxyl groups is 1. The number of rotatable bonds is 6. The number of hydrogen-bond donors (Lipinski definition) is 2. The van der Waals surface area contributed by atoms with Crippen LogP contribution in [0.15, 0.2) is 0 Å². The molecule has 2 nitrogen and oxygen atoms in total. The maximum Gasteiger partial charge on any atom is 0.0740 e. The van der Waals surface area contributed by atoms with Crippen LogP contribution in [0.4, 0.5) is 0 Å². The van der Waals surface area contributed by atoms with E-state index in [9.17, 15) is 5.11 Å². The fourth-order valence-corrected chi connectivity index (χ4v) is 1.08. The van der Waals surface area contributed by atoms with E-state index in [0.717, 1.165) is 13.0 Å². The van der Waals surface area contributed by atoms with E-state index in [4.69, 9.17) is 0 Å². The Morgan fingerprint density at radius 3 is 2.15 bits per heavy atom. The lowest BCUT2D eigenvalue weighted by molar-refractivity contribution is 0.0556. The third-order valence-electron chi connectivity index (χ3n) is 2.37. The Bertz CT molecular complexity index is 130. The summed E-state index contributed by atoms with van der Waals surface area (Å²) in [6.45, 7) is 9.88. The van der Waals surface area contributed by atoms with Gasteiger partial charge in [0.1, 0.15) is 0 Å². The molecule has 0 fully saturated rings. The van der Waals surface area contributed by atoms with Gasteiger partial charge in [0.05, 0.1) is 5.60 Å². The van der Waals surface area contributed by atoms with Gasteiger partial charge in [0.15, 0.2) is 0 Å². The normalized spacial score (nSPS) is 17.1. The predicted molar refractivity (Wildman–Crippen MR) is 61.4 cm³/mol. The average Bonchev–Trinajstić information content (AvgIpc) is 2.04. The SMILES string of the molecule is CCC(C)(O)CNCC(C)(C)SC. The Hall–Kier alpha value is 0.270. The van der Waals surface area contributed by atoms with E-state index in [0.29, 0.717) is 6.54 Å². The minimum absolute atomic E-state index is 0.254. The van der Waals surface area contributed by atoms with E-state index >= 15 is 0 Å². The van der Waals surface area contributed by atoms with E-state index in [-0.39, 0.29) is 4.75 Å². The molecule has 3 heteroatoms. The van der Waals surface area contributed by atoms with Crippen LogP contribution in [-0.4, -0.2) is 34.8 Å². The van der Waals surface area contributed by atoms with E-state index < -0.39 is 5.60 Å². The highest BCUT2D eigenvalue weighted by Gasteiger charge is 2.20. The van der Waals surface area contributed by atoms with Crippen molar-refractivity contribution in [1.82, 2.24) is 5.32 Å². The van der Waals surface area contributed by atoms with Gasteiger partial charge in [-0.25, -0.2) is 0 Å². The van der Waals surface area contributed by atoms with Crippen LogP contribution >= 0.6 is 11.8 Å². The molecule has 0 spiro atoms. The average molecular weight is 205 g/mol. The number of nitrogens with one attached hydrogen (secondary N) is 1. The Morgan fingerprint density at radius 1 is 1.23 bits per heavy atom. The van der Waals surface area contributed by atoms with Crippen molar-refractivity contribution in [3.05, 3.63) is 0 Å². The molecule has 0 aromatic carbocycles. The highest BCUT2D eigenvalue weighted by Crippen LogP contribution is 2.19. The molecule has 0 bridgehead atoms. The van der Waals surface area contributed by atoms with Crippen LogP contribution in [0, 0.1) is 0 Å². The lowest BCUT2D eigenvalue weighted by atomic mass is 10.0. The topological polar surface area (TPSA) is 32.3 Å². The van der Waals surface area contributed by atoms with Crippen molar-refractivity contribution in [2.45, 2.75) is 44.5 Å². The quantitative estimate of drug-likeness (QED) is 0.694. The molecule has 80 valence electrons. The van der Waals surface area contributed by atoms with Crippen molar-refractivity contribution in [2.75, 3.05) is 19.3 Å². The molecule has 0 saturated heterocycles. The van der Waals surface area contributed by atoms with Crippen molar-refractivity contribution in [2.24, 2.45) is 0 Å². The molecule has 0 amide bonds. The molecular weight excluding hydrogens is 182 g/mol. The summed E-state index contributed by atoms with van der Waals surface area (Å²) in [7, 11) is 0. The van der Waals surface area contributed by atoms with Gasteiger partial charge in [-0.2, -0.15) is 11.8 Å². The van der Waals surface area contributed by atoms with E-state index in [1.54, 1.807) is 0 Å². The summed E-state index contributed by atoms with van der Waals surface area (Å²) >= 11 is 1.84. The first-order valence-corrected chi connectivity index (χ1v) is 6.04. The van der Waals surface area contributed by atoms with Crippen molar-refractivity contribution >= 4 is 11.8 Å². The molecule has 0 aromatic rings. The van der Waals surface area contributed by atoms with Gasteiger partial charge in [-0.1, -0.05) is 6.92 Å². The lowest BCUT2D eigenvalue weighted by Crippen LogP contribution is -2.42. The van der Waals surface area contributed by atoms with Crippen LogP contribution in [0.1, 0.15) is 34.1 Å². The second-order valence-electron chi connectivity index (χ2n) is 4.42. The first-order chi connectivity index (χ1) is 5.83. The fourth-order valence-electron chi connectivity index (χ4n) is 0.830. The largest absolute Gasteiger partial charge is 0.389 e. The summed E-state index contributed by atoms with van der Waals surface area (Å²) in [5.74, 6) is 0. The molecular formula is C10H23NOS. The molecule has 1 atom stereocenters. The van der Waals surface area contributed by atoms with E-state index in [2.05, 4.69) is 25.4 Å². The summed E-state index contributed by atoms with van der Waals surface area (Å²) in [6, 6.07) is 0. The minimum atomic E-state index is -0.561. The molecule has 0 rings (SSSR count). The van der Waals surface area contributed by atoms with Crippen molar-refractivity contribution in [3.63, 3.8) is 0 Å². The molecule has 2 N–H and O–H groups in total. The third-order valence-corrected chi connectivity index (χ3v) is 3.62. The monoisotopic (exact) mass is 205 g/mol. The first kappa shape index (κ1) is 13.3. The van der Waals surface area contributed by atoms with Crippen LogP contribution in [-0.2, 0) is 0 Å². The zero-order valence-corrected chi connectivity index (χ0v) is 10.3. The van der Waals surface area contributed by atoms with Gasteiger partial charge < -0.3 is 10.4 Å². The smallest absolute Gasteiger partial charge is 0.0740 e. The molecule has 0 radical (unpaired) electrons. The van der Waals surface area contributed by atoms with Crippen LogP contribution in [0.2, 0.25) is 0 Å². The fraction of sp³-hybridized carbons (Fsp3) is 1.00. The lowest BCUT2D eigenvalue weighted by Gasteiger charge is -2.27. The molecule has 0 aliphatic heterocycles. The summed E-state index contributed by atoms with van der Waals surface area (Å²) in [4.78, 5) is 0. The van der Waals surface area contributed by atoms with Gasteiger partial charge >= 0.3 is 0 Å². The molecule has 0 saturated carbocycles. The van der Waals surface area contributed by atoms with Crippen LogP contribution in [0.3, 0.4) is 0 Å². The number of thioether (sulfide) groups is 1. The predicted octanol–water partition coefficient (Wildman–Crippen LogP) is 1.88. The molecule has 0 aromatic heterocycles. The zero-order chi connectivity index (χ0) is 10.5. The van der Waals surface area contributed by atoms with Gasteiger partial charge in [-0.05, 0) is 33.4 Å². The van der Waals surface area contributed by atoms with E-state index in [1.807, 2.05) is 25.6 Å². The molecule has 0 heterocycles. The summed E-state index contributed by atoms with van der Waals surface area (Å²) in [5.41, 5.74) is -0.561. The van der Waals surface area contributed by atoms with E-state index in [1.165, 1.54) is 0 Å². The summed E-state index contributed by atoms with van der Waals surface area (Å²) in [5, 5.41) is 13.0. The minimum Gasteiger partial charge on any atom is -0.389 e. The standard InChI is InChI=1S/C10H23NOS/c1-6-10(4,12)8-11-7-9(2,3)13-5/h11-12H,6-8H2,1-5H3. The van der Waals surface area contributed by atoms with Crippen LogP contribution in [0.25, 0.3) is 0 Å². The van der Waals surface area contributed by atoms with Crippen molar-refractivity contribution in [3.8, 4) is 0 Å². The Morgan fingerprint density at radius 2 is 1.77 bits per heavy atom. The van der Waals surface area contributed by atoms with Crippen LogP contribution in [0.5, 0.6) is 0 Å². The van der Waals surface area contributed by atoms with Gasteiger partial charge in [0, 0.05) is 17.8 Å². The zero-order valence-electron chi connectivity index (χ0n) is 9.48. The Balaban J connectivity index is 3.68. The second kappa shape index (κ2) is 5.23. The molecule has 0 aliphatic carbocycles. The van der Waals surface area contributed by atoms with Crippen LogP contribution < -0.4 is 5.32 Å². The maximum absolute atomic E-state index is 9.72. The highest BCUT2D eigenvalue weighted by atomic mass is 32.2. The second-order valence-corrected chi connectivity index (χ2v) is 5.93.